The maximum Gasteiger partial charge on any atom is 0.437 e. The summed E-state index contributed by atoms with van der Waals surface area (Å²) < 4.78 is 152. The molecule has 2 aromatic rings. The number of hydrogen-bond donors (Lipinski definition) is 1. The Morgan fingerprint density at radius 3 is 2.29 bits per heavy atom. The van der Waals surface area contributed by atoms with Crippen LogP contribution in [0.4, 0.5) is 39.5 Å². The van der Waals surface area contributed by atoms with Crippen molar-refractivity contribution in [3.8, 4) is 0 Å². The summed E-state index contributed by atoms with van der Waals surface area (Å²) in [6.07, 6.45) is -17.1. The van der Waals surface area contributed by atoms with Gasteiger partial charge in [-0.15, -0.1) is 0 Å². The van der Waals surface area contributed by atoms with E-state index in [4.69, 9.17) is 0 Å². The van der Waals surface area contributed by atoms with Crippen LogP contribution in [0.2, 0.25) is 0 Å². The van der Waals surface area contributed by atoms with Gasteiger partial charge in [0.25, 0.3) is 5.91 Å². The second kappa shape index (κ2) is 11.6. The highest BCUT2D eigenvalue weighted by molar-refractivity contribution is 7.92. The molecule has 4 atom stereocenters. The largest absolute Gasteiger partial charge is 0.437 e. The molecule has 264 valence electrons. The van der Waals surface area contributed by atoms with Crippen LogP contribution in [0, 0.1) is 11.2 Å². The van der Waals surface area contributed by atoms with Crippen LogP contribution in [0.15, 0.2) is 41.3 Å². The summed E-state index contributed by atoms with van der Waals surface area (Å²) in [7, 11) is -4.86. The number of pyridine rings is 1. The lowest BCUT2D eigenvalue weighted by Gasteiger charge is -2.43. The van der Waals surface area contributed by atoms with Gasteiger partial charge in [0.15, 0.2) is 16.0 Å². The molecule has 5 rings (SSSR count). The number of hydrogen-bond acceptors (Lipinski definition) is 6. The Balaban J connectivity index is 1.66. The highest BCUT2D eigenvalue weighted by Gasteiger charge is 2.75. The predicted octanol–water partition coefficient (Wildman–Crippen LogP) is 4.68. The van der Waals surface area contributed by atoms with Gasteiger partial charge in [0.2, 0.25) is 5.91 Å². The van der Waals surface area contributed by atoms with Crippen molar-refractivity contribution in [1.29, 1.82) is 0 Å². The number of alkyl halides is 8. The molecule has 3 aliphatic rings. The molecule has 48 heavy (non-hydrogen) atoms. The van der Waals surface area contributed by atoms with Gasteiger partial charge in [-0.25, -0.2) is 21.6 Å². The van der Waals surface area contributed by atoms with Crippen molar-refractivity contribution >= 4 is 21.7 Å². The first-order chi connectivity index (χ1) is 22.0. The quantitative estimate of drug-likeness (QED) is 0.418. The Kier molecular flexibility index (Phi) is 8.67. The van der Waals surface area contributed by atoms with E-state index < -0.39 is 128 Å². The maximum absolute atomic E-state index is 15.0. The molecule has 18 heteroatoms. The van der Waals surface area contributed by atoms with Gasteiger partial charge >= 0.3 is 18.0 Å². The van der Waals surface area contributed by atoms with Crippen LogP contribution in [-0.4, -0.2) is 90.4 Å². The van der Waals surface area contributed by atoms with E-state index >= 15 is 0 Å². The molecule has 3 heterocycles. The summed E-state index contributed by atoms with van der Waals surface area (Å²) in [6, 6.07) is 1.55. The van der Waals surface area contributed by atoms with Gasteiger partial charge in [-0.2, -0.15) is 26.3 Å². The van der Waals surface area contributed by atoms with Crippen LogP contribution in [0.1, 0.15) is 50.1 Å². The summed E-state index contributed by atoms with van der Waals surface area (Å²) in [5, 5.41) is 9.73. The molecule has 2 aliphatic heterocycles. The van der Waals surface area contributed by atoms with E-state index in [0.717, 1.165) is 28.0 Å². The number of carbonyl (C=O) groups excluding carboxylic acids is 2. The number of rotatable bonds is 7. The van der Waals surface area contributed by atoms with Crippen molar-refractivity contribution in [3.05, 3.63) is 59.2 Å². The Hall–Kier alpha value is -3.41. The third kappa shape index (κ3) is 5.33. The molecule has 2 amide bonds. The molecule has 2 saturated heterocycles. The average Bonchev–Trinajstić information content (AvgIpc) is 3.53. The van der Waals surface area contributed by atoms with E-state index in [9.17, 15) is 62.6 Å². The molecule has 0 spiro atoms. The van der Waals surface area contributed by atoms with Gasteiger partial charge in [-0.3, -0.25) is 14.6 Å². The molecule has 0 bridgehead atoms. The van der Waals surface area contributed by atoms with E-state index in [-0.39, 0.29) is 19.2 Å². The third-order valence-corrected chi connectivity index (χ3v) is 11.9. The smallest absolute Gasteiger partial charge is 0.396 e. The normalized spacial score (nSPS) is 25.3. The highest BCUT2D eigenvalue weighted by Crippen LogP contribution is 2.56. The number of amides is 2. The number of aromatic nitrogens is 1. The zero-order valence-electron chi connectivity index (χ0n) is 25.4. The minimum absolute atomic E-state index is 0.0948. The molecule has 0 saturated carbocycles. The van der Waals surface area contributed by atoms with Crippen LogP contribution >= 0.6 is 0 Å². The highest BCUT2D eigenvalue weighted by atomic mass is 32.2. The van der Waals surface area contributed by atoms with E-state index in [1.807, 2.05) is 0 Å². The summed E-state index contributed by atoms with van der Waals surface area (Å²) in [4.78, 5) is 31.6. The summed E-state index contributed by atoms with van der Waals surface area (Å²) in [6.45, 7) is 2.05. The third-order valence-electron chi connectivity index (χ3n) is 9.40. The Labute approximate surface area is 268 Å². The molecule has 1 aromatic carbocycles. The number of aliphatic hydroxyl groups is 1. The zero-order valence-corrected chi connectivity index (χ0v) is 26.2. The van der Waals surface area contributed by atoms with Crippen molar-refractivity contribution in [2.75, 3.05) is 19.7 Å². The number of carbonyl (C=O) groups is 2. The maximum atomic E-state index is 15.0. The number of aliphatic hydroxyl groups excluding tert-OH is 1. The van der Waals surface area contributed by atoms with Crippen molar-refractivity contribution in [3.63, 3.8) is 0 Å². The zero-order chi connectivity index (χ0) is 35.8. The lowest BCUT2D eigenvalue weighted by atomic mass is 9.80. The van der Waals surface area contributed by atoms with Gasteiger partial charge in [0.1, 0.15) is 16.6 Å². The van der Waals surface area contributed by atoms with Crippen molar-refractivity contribution in [1.82, 2.24) is 14.8 Å². The van der Waals surface area contributed by atoms with Gasteiger partial charge in [0, 0.05) is 37.2 Å². The van der Waals surface area contributed by atoms with Crippen molar-refractivity contribution < 1.29 is 62.6 Å². The van der Waals surface area contributed by atoms with Crippen LogP contribution in [-0.2, 0) is 36.3 Å². The number of nitrogens with zero attached hydrogens (tertiary/aromatic N) is 3. The standard InChI is InChI=1S/C30H30F9N3O5S/c1-26(2,15-43)14-42-21(13-19(32)24(42)44)25(45)41-11-10-27(48(46,47)17-5-3-4-16(31)12-17)18-6-8-22(40-20(18)7-9-23(27)41)28(33,29(34,35)36)30(37,38)39/h3-6,8,12,19,21,23,43H,7,9-11,13-15H2,1-2H3/t19-,21+,23?,27?/m1/s1. The lowest BCUT2D eigenvalue weighted by molar-refractivity contribution is -0.350. The molecular formula is C30H30F9N3O5S. The fourth-order valence-electron chi connectivity index (χ4n) is 7.01. The molecule has 1 aromatic heterocycles. The summed E-state index contributed by atoms with van der Waals surface area (Å²) >= 11 is 0. The number of fused-ring (bicyclic) bond motifs is 3. The van der Waals surface area contributed by atoms with Crippen LogP contribution in [0.25, 0.3) is 0 Å². The van der Waals surface area contributed by atoms with E-state index in [2.05, 4.69) is 4.98 Å². The number of halogens is 9. The first-order valence-corrected chi connectivity index (χ1v) is 16.2. The fraction of sp³-hybridized carbons (Fsp3) is 0.567. The molecule has 0 radical (unpaired) electrons. The van der Waals surface area contributed by atoms with Gasteiger partial charge in [-0.1, -0.05) is 26.0 Å². The summed E-state index contributed by atoms with van der Waals surface area (Å²) in [5.74, 6) is -2.89. The lowest BCUT2D eigenvalue weighted by Crippen LogP contribution is -2.56. The molecule has 2 unspecified atom stereocenters. The SMILES string of the molecule is CC(C)(CO)CN1C(=O)[C@H](F)C[C@H]1C(=O)N1CCC2(S(=O)(=O)c3cccc(F)c3)c3ccc(C(F)(C(F)(F)F)C(F)(F)F)nc3CCC12. The van der Waals surface area contributed by atoms with Crippen LogP contribution < -0.4 is 0 Å². The van der Waals surface area contributed by atoms with Gasteiger partial charge in [0.05, 0.1) is 16.6 Å². The molecule has 1 aliphatic carbocycles. The van der Waals surface area contributed by atoms with E-state index in [1.54, 1.807) is 13.8 Å². The first-order valence-electron chi connectivity index (χ1n) is 14.7. The molecule has 1 N–H and O–H groups in total. The Morgan fingerprint density at radius 1 is 1.06 bits per heavy atom. The molecule has 8 nitrogen and oxygen atoms in total. The second-order valence-corrected chi connectivity index (χ2v) is 15.2. The van der Waals surface area contributed by atoms with Crippen LogP contribution in [0.3, 0.4) is 0 Å². The fourth-order valence-corrected chi connectivity index (χ4v) is 9.39. The van der Waals surface area contributed by atoms with Gasteiger partial charge in [-0.05, 0) is 49.1 Å². The van der Waals surface area contributed by atoms with Gasteiger partial charge < -0.3 is 14.9 Å². The van der Waals surface area contributed by atoms with E-state index in [0.29, 0.717) is 12.1 Å². The molecule has 2 fully saturated rings. The number of benzene rings is 1. The van der Waals surface area contributed by atoms with Crippen molar-refractivity contribution in [2.45, 2.75) is 85.4 Å². The van der Waals surface area contributed by atoms with Crippen LogP contribution in [0.5, 0.6) is 0 Å². The number of likely N-dealkylation sites (tertiary alicyclic amines) is 2. The monoisotopic (exact) mass is 715 g/mol. The summed E-state index contributed by atoms with van der Waals surface area (Å²) in [5.41, 5.74) is -9.94. The second-order valence-electron chi connectivity index (χ2n) is 13.0. The number of aryl methyl sites for hydroxylation is 1. The first kappa shape index (κ1) is 35.9. The minimum atomic E-state index is -6.49. The van der Waals surface area contributed by atoms with E-state index in [1.165, 1.54) is 0 Å². The predicted molar refractivity (Wildman–Crippen MR) is 149 cm³/mol. The molecular weight excluding hydrogens is 685 g/mol. The average molecular weight is 716 g/mol. The Bertz CT molecular complexity index is 1720. The van der Waals surface area contributed by atoms with Crippen molar-refractivity contribution in [2.24, 2.45) is 5.41 Å². The topological polar surface area (TPSA) is 108 Å². The number of sulfone groups is 1. The minimum Gasteiger partial charge on any atom is -0.396 e. The Morgan fingerprint density at radius 2 is 1.71 bits per heavy atom.